The molecule has 1 saturated carbocycles. The van der Waals surface area contributed by atoms with Crippen molar-refractivity contribution in [3.8, 4) is 0 Å². The van der Waals surface area contributed by atoms with E-state index in [9.17, 15) is 18.0 Å². The first-order chi connectivity index (χ1) is 9.06. The third kappa shape index (κ3) is 2.74. The number of alkyl halides is 3. The Morgan fingerprint density at radius 1 is 1.30 bits per heavy atom. The molecule has 20 heavy (non-hydrogen) atoms. The van der Waals surface area contributed by atoms with Gasteiger partial charge in [-0.15, -0.1) is 0 Å². The first-order valence-corrected chi connectivity index (χ1v) is 7.18. The molecule has 0 aromatic rings. The van der Waals surface area contributed by atoms with E-state index in [4.69, 9.17) is 0 Å². The van der Waals surface area contributed by atoms with Gasteiger partial charge in [-0.3, -0.25) is 0 Å². The van der Waals surface area contributed by atoms with E-state index in [0.717, 1.165) is 19.3 Å². The van der Waals surface area contributed by atoms with Crippen LogP contribution in [0.4, 0.5) is 18.0 Å². The number of rotatable bonds is 2. The Morgan fingerprint density at radius 3 is 2.30 bits per heavy atom. The fraction of sp³-hybridized carbons (Fsp3) is 0.929. The van der Waals surface area contributed by atoms with E-state index in [0.29, 0.717) is 6.54 Å². The van der Waals surface area contributed by atoms with Crippen LogP contribution < -0.4 is 5.32 Å². The van der Waals surface area contributed by atoms with Crippen LogP contribution in [0.5, 0.6) is 0 Å². The minimum absolute atomic E-state index is 0.0127. The number of urea groups is 1. The van der Waals surface area contributed by atoms with Crippen LogP contribution in [0.2, 0.25) is 0 Å². The Morgan fingerprint density at radius 2 is 1.90 bits per heavy atom. The molecule has 1 aliphatic carbocycles. The molecule has 3 nitrogen and oxygen atoms in total. The number of amides is 2. The molecule has 0 spiro atoms. The summed E-state index contributed by atoms with van der Waals surface area (Å²) in [5.74, 6) is -1.44. The van der Waals surface area contributed by atoms with Gasteiger partial charge in [-0.05, 0) is 38.5 Å². The van der Waals surface area contributed by atoms with Crippen molar-refractivity contribution in [2.24, 2.45) is 11.3 Å². The second-order valence-electron chi connectivity index (χ2n) is 7.01. The Bertz CT molecular complexity index is 388. The molecule has 6 heteroatoms. The van der Waals surface area contributed by atoms with Crippen LogP contribution in [0, 0.1) is 11.3 Å². The molecular formula is C14H23F3N2O. The molecule has 1 heterocycles. The van der Waals surface area contributed by atoms with Crippen LogP contribution in [0.15, 0.2) is 0 Å². The average molecular weight is 292 g/mol. The maximum atomic E-state index is 13.0. The van der Waals surface area contributed by atoms with Gasteiger partial charge < -0.3 is 10.2 Å². The molecule has 0 radical (unpaired) electrons. The van der Waals surface area contributed by atoms with Crippen molar-refractivity contribution >= 4 is 6.03 Å². The molecular weight excluding hydrogens is 269 g/mol. The summed E-state index contributed by atoms with van der Waals surface area (Å²) in [5, 5.41) is 2.81. The Kier molecular flexibility index (Phi) is 3.71. The predicted octanol–water partition coefficient (Wildman–Crippen LogP) is 3.55. The average Bonchev–Trinajstić information content (AvgIpc) is 2.58. The summed E-state index contributed by atoms with van der Waals surface area (Å²) in [6.07, 6.45) is -0.957. The largest absolute Gasteiger partial charge is 0.394 e. The maximum absolute atomic E-state index is 13.0. The van der Waals surface area contributed by atoms with Gasteiger partial charge >= 0.3 is 12.2 Å². The van der Waals surface area contributed by atoms with Crippen LogP contribution in [-0.2, 0) is 0 Å². The van der Waals surface area contributed by atoms with Gasteiger partial charge in [0.2, 0.25) is 0 Å². The molecule has 2 aliphatic rings. The van der Waals surface area contributed by atoms with Crippen molar-refractivity contribution in [1.82, 2.24) is 10.2 Å². The number of carbonyl (C=O) groups is 1. The van der Waals surface area contributed by atoms with Crippen molar-refractivity contribution in [1.29, 1.82) is 0 Å². The van der Waals surface area contributed by atoms with E-state index in [1.54, 1.807) is 0 Å². The van der Waals surface area contributed by atoms with Gasteiger partial charge in [0.25, 0.3) is 0 Å². The van der Waals surface area contributed by atoms with Gasteiger partial charge in [0.05, 0.1) is 11.5 Å². The second-order valence-corrected chi connectivity index (χ2v) is 7.01. The molecule has 0 aromatic heterocycles. The summed E-state index contributed by atoms with van der Waals surface area (Å²) in [5.41, 5.74) is -1.05. The molecule has 1 aliphatic heterocycles. The molecule has 0 aromatic carbocycles. The van der Waals surface area contributed by atoms with Gasteiger partial charge in [0.15, 0.2) is 0 Å². The number of likely N-dealkylation sites (tertiary alicyclic amines) is 1. The van der Waals surface area contributed by atoms with Gasteiger partial charge in [-0.1, -0.05) is 13.3 Å². The topological polar surface area (TPSA) is 32.3 Å². The van der Waals surface area contributed by atoms with E-state index in [-0.39, 0.29) is 24.4 Å². The summed E-state index contributed by atoms with van der Waals surface area (Å²) in [4.78, 5) is 13.5. The lowest BCUT2D eigenvalue weighted by atomic mass is 9.70. The van der Waals surface area contributed by atoms with E-state index in [1.165, 1.54) is 18.7 Å². The lowest BCUT2D eigenvalue weighted by Gasteiger charge is -2.40. The summed E-state index contributed by atoms with van der Waals surface area (Å²) >= 11 is 0. The van der Waals surface area contributed by atoms with E-state index < -0.39 is 17.6 Å². The highest BCUT2D eigenvalue weighted by molar-refractivity contribution is 5.75. The van der Waals surface area contributed by atoms with E-state index in [2.05, 4.69) is 12.2 Å². The highest BCUT2D eigenvalue weighted by atomic mass is 19.4. The van der Waals surface area contributed by atoms with Crippen LogP contribution in [0.25, 0.3) is 0 Å². The number of hydrogen-bond acceptors (Lipinski definition) is 1. The van der Waals surface area contributed by atoms with Crippen molar-refractivity contribution in [3.05, 3.63) is 0 Å². The molecule has 0 bridgehead atoms. The predicted molar refractivity (Wildman–Crippen MR) is 70.3 cm³/mol. The van der Waals surface area contributed by atoms with E-state index in [1.807, 2.05) is 0 Å². The number of nitrogens with one attached hydrogen (secondary N) is 1. The van der Waals surface area contributed by atoms with Crippen LogP contribution >= 0.6 is 0 Å². The monoisotopic (exact) mass is 292 g/mol. The zero-order valence-electron chi connectivity index (χ0n) is 12.3. The first-order valence-electron chi connectivity index (χ1n) is 7.18. The number of carbonyl (C=O) groups excluding carboxylic acids is 1. The molecule has 1 N–H and O–H groups in total. The highest BCUT2D eigenvalue weighted by Gasteiger charge is 2.56. The summed E-state index contributed by atoms with van der Waals surface area (Å²) < 4.78 is 38.9. The highest BCUT2D eigenvalue weighted by Crippen LogP contribution is 2.45. The zero-order chi connectivity index (χ0) is 15.2. The Hall–Kier alpha value is -0.940. The van der Waals surface area contributed by atoms with Gasteiger partial charge in [0.1, 0.15) is 0 Å². The third-order valence-electron chi connectivity index (χ3n) is 5.06. The number of halogens is 3. The van der Waals surface area contributed by atoms with Gasteiger partial charge in [-0.25, -0.2) is 4.79 Å². The van der Waals surface area contributed by atoms with Crippen molar-refractivity contribution in [3.63, 3.8) is 0 Å². The number of hydrogen-bond donors (Lipinski definition) is 1. The van der Waals surface area contributed by atoms with Crippen LogP contribution in [0.1, 0.15) is 46.5 Å². The molecule has 116 valence electrons. The lowest BCUT2D eigenvalue weighted by Crippen LogP contribution is -2.54. The summed E-state index contributed by atoms with van der Waals surface area (Å²) in [7, 11) is 0. The van der Waals surface area contributed by atoms with Crippen molar-refractivity contribution in [2.75, 3.05) is 13.1 Å². The molecule has 2 fully saturated rings. The fourth-order valence-corrected chi connectivity index (χ4v) is 3.36. The first kappa shape index (κ1) is 15.4. The standard InChI is InChI=1S/C14H23F3N2O/c1-12(2)10(14(15,16)17)5-8-19(12)11(20)18-9-13(3)6-4-7-13/h10H,4-9H2,1-3H3,(H,18,20)/t10-/m1/s1. The smallest absolute Gasteiger partial charge is 0.337 e. The zero-order valence-corrected chi connectivity index (χ0v) is 12.3. The SMILES string of the molecule is CC1(CNC(=O)N2CC[C@@H](C(F)(F)F)C2(C)C)CCC1. The fourth-order valence-electron chi connectivity index (χ4n) is 3.36. The molecule has 0 unspecified atom stereocenters. The molecule has 2 amide bonds. The molecule has 1 atom stereocenters. The van der Waals surface area contributed by atoms with Gasteiger partial charge in [-0.2, -0.15) is 13.2 Å². The maximum Gasteiger partial charge on any atom is 0.394 e. The van der Waals surface area contributed by atoms with Crippen molar-refractivity contribution < 1.29 is 18.0 Å². The third-order valence-corrected chi connectivity index (χ3v) is 5.06. The summed E-state index contributed by atoms with van der Waals surface area (Å²) in [6.45, 7) is 5.82. The van der Waals surface area contributed by atoms with Crippen LogP contribution in [-0.4, -0.2) is 35.7 Å². The lowest BCUT2D eigenvalue weighted by molar-refractivity contribution is -0.189. The second kappa shape index (κ2) is 4.81. The quantitative estimate of drug-likeness (QED) is 0.829. The van der Waals surface area contributed by atoms with E-state index >= 15 is 0 Å². The van der Waals surface area contributed by atoms with Crippen LogP contribution in [0.3, 0.4) is 0 Å². The molecule has 2 rings (SSSR count). The normalized spacial score (nSPS) is 28.1. The summed E-state index contributed by atoms with van der Waals surface area (Å²) in [6, 6.07) is -0.366. The Balaban J connectivity index is 1.97. The minimum Gasteiger partial charge on any atom is -0.337 e. The minimum atomic E-state index is -4.25. The van der Waals surface area contributed by atoms with Crippen molar-refractivity contribution in [2.45, 2.75) is 58.2 Å². The van der Waals surface area contributed by atoms with Gasteiger partial charge in [0, 0.05) is 13.1 Å². The Labute approximate surface area is 117 Å². The molecule has 1 saturated heterocycles. The number of nitrogens with zero attached hydrogens (tertiary/aromatic N) is 1.